The summed E-state index contributed by atoms with van der Waals surface area (Å²) in [7, 11) is 1.71. The van der Waals surface area contributed by atoms with Crippen molar-refractivity contribution in [2.75, 3.05) is 20.3 Å². The Bertz CT molecular complexity index is 552. The molecule has 2 aromatic rings. The van der Waals surface area contributed by atoms with Gasteiger partial charge >= 0.3 is 0 Å². The first-order valence-electron chi connectivity index (χ1n) is 7.05. The van der Waals surface area contributed by atoms with Crippen LogP contribution in [0.4, 0.5) is 4.39 Å². The Morgan fingerprint density at radius 1 is 1.35 bits per heavy atom. The predicted molar refractivity (Wildman–Crippen MR) is 78.2 cm³/mol. The number of hydrogen-bond donors (Lipinski definition) is 1. The third-order valence-electron chi connectivity index (χ3n) is 3.38. The molecule has 3 nitrogen and oxygen atoms in total. The van der Waals surface area contributed by atoms with Crippen molar-refractivity contribution >= 4 is 11.0 Å². The normalized spacial score (nSPS) is 14.6. The highest BCUT2D eigenvalue weighted by Gasteiger charge is 2.18. The molecule has 0 fully saturated rings. The highest BCUT2D eigenvalue weighted by molar-refractivity contribution is 5.78. The SMILES string of the molecule is CCNC(CC(C)COC)c1cc2cc(F)ccc2o1. The molecule has 4 heteroatoms. The van der Waals surface area contributed by atoms with Crippen LogP contribution in [0.25, 0.3) is 11.0 Å². The molecule has 20 heavy (non-hydrogen) atoms. The van der Waals surface area contributed by atoms with E-state index >= 15 is 0 Å². The van der Waals surface area contributed by atoms with Gasteiger partial charge < -0.3 is 14.5 Å². The zero-order valence-corrected chi connectivity index (χ0v) is 12.3. The minimum atomic E-state index is -0.238. The first-order chi connectivity index (χ1) is 9.63. The third kappa shape index (κ3) is 3.58. The molecule has 0 bridgehead atoms. The van der Waals surface area contributed by atoms with Gasteiger partial charge in [-0.25, -0.2) is 4.39 Å². The van der Waals surface area contributed by atoms with Crippen molar-refractivity contribution in [1.82, 2.24) is 5.32 Å². The van der Waals surface area contributed by atoms with E-state index in [1.54, 1.807) is 13.2 Å². The van der Waals surface area contributed by atoms with E-state index in [2.05, 4.69) is 19.2 Å². The molecule has 0 saturated heterocycles. The number of methoxy groups -OCH3 is 1. The molecule has 1 heterocycles. The van der Waals surface area contributed by atoms with Crippen LogP contribution in [-0.2, 0) is 4.74 Å². The van der Waals surface area contributed by atoms with Gasteiger partial charge in [0.15, 0.2) is 0 Å². The summed E-state index contributed by atoms with van der Waals surface area (Å²) in [5.41, 5.74) is 0.726. The van der Waals surface area contributed by atoms with E-state index in [9.17, 15) is 4.39 Å². The molecular weight excluding hydrogens is 257 g/mol. The van der Waals surface area contributed by atoms with Crippen LogP contribution in [0.3, 0.4) is 0 Å². The molecule has 2 unspecified atom stereocenters. The Balaban J connectivity index is 2.21. The third-order valence-corrected chi connectivity index (χ3v) is 3.38. The topological polar surface area (TPSA) is 34.4 Å². The minimum Gasteiger partial charge on any atom is -0.459 e. The van der Waals surface area contributed by atoms with E-state index in [0.29, 0.717) is 5.92 Å². The molecule has 0 aliphatic heterocycles. The van der Waals surface area contributed by atoms with Crippen LogP contribution in [0.5, 0.6) is 0 Å². The van der Waals surface area contributed by atoms with E-state index in [1.165, 1.54) is 12.1 Å². The summed E-state index contributed by atoms with van der Waals surface area (Å²) >= 11 is 0. The zero-order valence-electron chi connectivity index (χ0n) is 12.3. The summed E-state index contributed by atoms with van der Waals surface area (Å²) in [6.07, 6.45) is 0.921. The van der Waals surface area contributed by atoms with Gasteiger partial charge in [0, 0.05) is 19.1 Å². The van der Waals surface area contributed by atoms with Gasteiger partial charge in [-0.05, 0) is 43.1 Å². The van der Waals surface area contributed by atoms with Gasteiger partial charge in [-0.2, -0.15) is 0 Å². The van der Waals surface area contributed by atoms with Gasteiger partial charge in [0.05, 0.1) is 6.04 Å². The smallest absolute Gasteiger partial charge is 0.134 e. The Morgan fingerprint density at radius 2 is 2.15 bits per heavy atom. The number of halogens is 1. The number of furan rings is 1. The Kier molecular flexibility index (Phi) is 5.15. The molecule has 0 saturated carbocycles. The molecular formula is C16H22FNO2. The summed E-state index contributed by atoms with van der Waals surface area (Å²) in [5, 5.41) is 4.23. The van der Waals surface area contributed by atoms with Crippen LogP contribution in [-0.4, -0.2) is 20.3 Å². The zero-order chi connectivity index (χ0) is 14.5. The fourth-order valence-corrected chi connectivity index (χ4v) is 2.51. The molecule has 1 aromatic heterocycles. The van der Waals surface area contributed by atoms with E-state index in [1.807, 2.05) is 6.07 Å². The maximum absolute atomic E-state index is 13.2. The van der Waals surface area contributed by atoms with E-state index in [4.69, 9.17) is 9.15 Å². The Hall–Kier alpha value is -1.39. The highest BCUT2D eigenvalue weighted by atomic mass is 19.1. The number of ether oxygens (including phenoxy) is 1. The van der Waals surface area contributed by atoms with Crippen LogP contribution >= 0.6 is 0 Å². The number of rotatable bonds is 7. The van der Waals surface area contributed by atoms with Crippen molar-refractivity contribution in [2.45, 2.75) is 26.3 Å². The molecule has 0 amide bonds. The van der Waals surface area contributed by atoms with Crippen molar-refractivity contribution in [3.8, 4) is 0 Å². The molecule has 2 atom stereocenters. The van der Waals surface area contributed by atoms with Gasteiger partial charge in [0.1, 0.15) is 17.2 Å². The monoisotopic (exact) mass is 279 g/mol. The largest absolute Gasteiger partial charge is 0.459 e. The van der Waals surface area contributed by atoms with Crippen molar-refractivity contribution in [3.63, 3.8) is 0 Å². The van der Waals surface area contributed by atoms with Gasteiger partial charge in [0.2, 0.25) is 0 Å². The fraction of sp³-hybridized carbons (Fsp3) is 0.500. The van der Waals surface area contributed by atoms with Gasteiger partial charge in [-0.3, -0.25) is 0 Å². The summed E-state index contributed by atoms with van der Waals surface area (Å²) in [4.78, 5) is 0. The van der Waals surface area contributed by atoms with Crippen LogP contribution in [0.2, 0.25) is 0 Å². The van der Waals surface area contributed by atoms with Crippen molar-refractivity contribution in [3.05, 3.63) is 35.8 Å². The quantitative estimate of drug-likeness (QED) is 0.834. The van der Waals surface area contributed by atoms with E-state index in [0.717, 1.165) is 36.3 Å². The van der Waals surface area contributed by atoms with Gasteiger partial charge in [-0.1, -0.05) is 13.8 Å². The maximum Gasteiger partial charge on any atom is 0.134 e. The second-order valence-corrected chi connectivity index (χ2v) is 5.24. The lowest BCUT2D eigenvalue weighted by molar-refractivity contribution is 0.147. The molecule has 1 N–H and O–H groups in total. The summed E-state index contributed by atoms with van der Waals surface area (Å²) in [6, 6.07) is 6.65. The van der Waals surface area contributed by atoms with Crippen molar-refractivity contribution in [2.24, 2.45) is 5.92 Å². The van der Waals surface area contributed by atoms with Crippen LogP contribution in [0.15, 0.2) is 28.7 Å². The highest BCUT2D eigenvalue weighted by Crippen LogP contribution is 2.28. The fourth-order valence-electron chi connectivity index (χ4n) is 2.51. The lowest BCUT2D eigenvalue weighted by Gasteiger charge is -2.19. The second-order valence-electron chi connectivity index (χ2n) is 5.24. The van der Waals surface area contributed by atoms with Crippen LogP contribution < -0.4 is 5.32 Å². The Morgan fingerprint density at radius 3 is 2.85 bits per heavy atom. The van der Waals surface area contributed by atoms with Gasteiger partial charge in [0.25, 0.3) is 0 Å². The molecule has 0 aliphatic carbocycles. The minimum absolute atomic E-state index is 0.126. The number of hydrogen-bond acceptors (Lipinski definition) is 3. The summed E-state index contributed by atoms with van der Waals surface area (Å²) in [6.45, 7) is 5.79. The molecule has 2 rings (SSSR count). The maximum atomic E-state index is 13.2. The molecule has 0 spiro atoms. The van der Waals surface area contributed by atoms with Gasteiger partial charge in [-0.15, -0.1) is 0 Å². The first kappa shape index (κ1) is 15.0. The molecule has 0 radical (unpaired) electrons. The summed E-state index contributed by atoms with van der Waals surface area (Å²) < 4.78 is 24.3. The van der Waals surface area contributed by atoms with Crippen molar-refractivity contribution in [1.29, 1.82) is 0 Å². The Labute approximate surface area is 119 Å². The van der Waals surface area contributed by atoms with Crippen LogP contribution in [0, 0.1) is 11.7 Å². The average molecular weight is 279 g/mol. The number of fused-ring (bicyclic) bond motifs is 1. The number of nitrogens with one attached hydrogen (secondary N) is 1. The first-order valence-corrected chi connectivity index (χ1v) is 7.05. The molecule has 1 aromatic carbocycles. The molecule has 110 valence electrons. The molecule has 0 aliphatic rings. The van der Waals surface area contributed by atoms with E-state index in [-0.39, 0.29) is 11.9 Å². The van der Waals surface area contributed by atoms with E-state index < -0.39 is 0 Å². The predicted octanol–water partition coefficient (Wildman–Crippen LogP) is 3.90. The van der Waals surface area contributed by atoms with Crippen LogP contribution in [0.1, 0.15) is 32.1 Å². The lowest BCUT2D eigenvalue weighted by atomic mass is 10.0. The average Bonchev–Trinajstić information content (AvgIpc) is 2.81. The van der Waals surface area contributed by atoms with Crippen molar-refractivity contribution < 1.29 is 13.5 Å². The lowest BCUT2D eigenvalue weighted by Crippen LogP contribution is -2.23. The second kappa shape index (κ2) is 6.86. The number of benzene rings is 1. The summed E-state index contributed by atoms with van der Waals surface area (Å²) in [5.74, 6) is 1.04. The standard InChI is InChI=1S/C16H22FNO2/c1-4-18-14(7-11(2)10-19-3)16-9-12-8-13(17)5-6-15(12)20-16/h5-6,8-9,11,14,18H,4,7,10H2,1-3H3.